The van der Waals surface area contributed by atoms with Crippen molar-refractivity contribution in [2.24, 2.45) is 0 Å². The molecule has 1 aromatic rings. The summed E-state index contributed by atoms with van der Waals surface area (Å²) in [5.41, 5.74) is 0.121. The Bertz CT molecular complexity index is 499. The number of anilines is 1. The summed E-state index contributed by atoms with van der Waals surface area (Å²) in [7, 11) is 1.28. The molecular weight excluding hydrogens is 276 g/mol. The molecule has 1 aliphatic heterocycles. The van der Waals surface area contributed by atoms with Crippen molar-refractivity contribution in [3.63, 3.8) is 0 Å². The molecule has 114 valence electrons. The Morgan fingerprint density at radius 1 is 1.33 bits per heavy atom. The first-order chi connectivity index (χ1) is 10.1. The van der Waals surface area contributed by atoms with Gasteiger partial charge < -0.3 is 19.7 Å². The second-order valence-electron chi connectivity index (χ2n) is 4.58. The minimum absolute atomic E-state index is 0.0165. The van der Waals surface area contributed by atoms with Crippen LogP contribution in [0.15, 0.2) is 12.4 Å². The van der Waals surface area contributed by atoms with E-state index >= 15 is 0 Å². The van der Waals surface area contributed by atoms with E-state index in [2.05, 4.69) is 20.0 Å². The number of morpholine rings is 1. The van der Waals surface area contributed by atoms with Crippen molar-refractivity contribution in [3.8, 4) is 0 Å². The average Bonchev–Trinajstić information content (AvgIpc) is 2.55. The normalized spacial score (nSPS) is 16.2. The second kappa shape index (κ2) is 6.98. The van der Waals surface area contributed by atoms with Gasteiger partial charge in [-0.3, -0.25) is 4.79 Å². The summed E-state index contributed by atoms with van der Waals surface area (Å²) >= 11 is 0. The van der Waals surface area contributed by atoms with Gasteiger partial charge in [0.15, 0.2) is 5.69 Å². The Balaban J connectivity index is 1.93. The molecule has 1 unspecified atom stereocenters. The highest BCUT2D eigenvalue weighted by Gasteiger charge is 2.22. The van der Waals surface area contributed by atoms with Crippen LogP contribution in [-0.4, -0.2) is 66.2 Å². The molecule has 1 saturated heterocycles. The highest BCUT2D eigenvalue weighted by atomic mass is 16.5. The summed E-state index contributed by atoms with van der Waals surface area (Å²) in [5, 5.41) is 2.97. The number of carbonyl (C=O) groups is 2. The van der Waals surface area contributed by atoms with E-state index in [1.807, 2.05) is 0 Å². The maximum absolute atomic E-state index is 12.2. The lowest BCUT2D eigenvalue weighted by atomic mass is 10.2. The molecule has 2 heterocycles. The summed E-state index contributed by atoms with van der Waals surface area (Å²) in [6.07, 6.45) is 2.70. The third-order valence-electron chi connectivity index (χ3n) is 3.10. The van der Waals surface area contributed by atoms with Crippen LogP contribution in [-0.2, 0) is 14.3 Å². The van der Waals surface area contributed by atoms with Crippen molar-refractivity contribution in [2.45, 2.75) is 13.0 Å². The third kappa shape index (κ3) is 3.88. The smallest absolute Gasteiger partial charge is 0.358 e. The Hall–Kier alpha value is -2.22. The van der Waals surface area contributed by atoms with Crippen LogP contribution in [0.1, 0.15) is 17.4 Å². The predicted octanol–water partition coefficient (Wildman–Crippen LogP) is -0.0776. The quantitative estimate of drug-likeness (QED) is 0.776. The number of aromatic nitrogens is 2. The van der Waals surface area contributed by atoms with Gasteiger partial charge in [-0.1, -0.05) is 0 Å². The van der Waals surface area contributed by atoms with Crippen molar-refractivity contribution >= 4 is 17.7 Å². The number of hydrogen-bond acceptors (Lipinski definition) is 7. The van der Waals surface area contributed by atoms with Crippen LogP contribution in [0.3, 0.4) is 0 Å². The molecule has 1 atom stereocenters. The maximum atomic E-state index is 12.2. The highest BCUT2D eigenvalue weighted by Crippen LogP contribution is 2.07. The van der Waals surface area contributed by atoms with E-state index < -0.39 is 12.0 Å². The molecule has 1 fully saturated rings. The summed E-state index contributed by atoms with van der Waals surface area (Å²) in [4.78, 5) is 33.2. The van der Waals surface area contributed by atoms with Crippen molar-refractivity contribution in [3.05, 3.63) is 18.1 Å². The number of carbonyl (C=O) groups excluding carboxylic acids is 2. The fourth-order valence-corrected chi connectivity index (χ4v) is 1.95. The minimum Gasteiger partial charge on any atom is -0.464 e. The lowest BCUT2D eigenvalue weighted by Crippen LogP contribution is -2.47. The molecular formula is C13H18N4O4. The first-order valence-electron chi connectivity index (χ1n) is 6.65. The molecule has 1 aliphatic rings. The van der Waals surface area contributed by atoms with E-state index in [-0.39, 0.29) is 11.6 Å². The summed E-state index contributed by atoms with van der Waals surface area (Å²) < 4.78 is 9.75. The molecule has 0 aromatic carbocycles. The van der Waals surface area contributed by atoms with Crippen LogP contribution < -0.4 is 5.32 Å². The monoisotopic (exact) mass is 294 g/mol. The van der Waals surface area contributed by atoms with E-state index in [1.54, 1.807) is 11.8 Å². The summed E-state index contributed by atoms with van der Waals surface area (Å²) in [5.74, 6) is -0.139. The van der Waals surface area contributed by atoms with E-state index in [0.29, 0.717) is 32.1 Å². The van der Waals surface area contributed by atoms with E-state index in [1.165, 1.54) is 19.5 Å². The molecule has 8 heteroatoms. The lowest BCUT2D eigenvalue weighted by Gasteiger charge is -2.29. The highest BCUT2D eigenvalue weighted by molar-refractivity contribution is 5.87. The Kier molecular flexibility index (Phi) is 5.04. The first-order valence-corrected chi connectivity index (χ1v) is 6.65. The van der Waals surface area contributed by atoms with Crippen molar-refractivity contribution in [2.75, 3.05) is 38.7 Å². The van der Waals surface area contributed by atoms with Crippen LogP contribution in [0.25, 0.3) is 0 Å². The van der Waals surface area contributed by atoms with Gasteiger partial charge in [-0.2, -0.15) is 0 Å². The number of methoxy groups -OCH3 is 1. The van der Waals surface area contributed by atoms with E-state index in [0.717, 1.165) is 0 Å². The van der Waals surface area contributed by atoms with Gasteiger partial charge in [0.2, 0.25) is 5.91 Å². The molecule has 2 rings (SSSR count). The number of nitrogens with zero attached hydrogens (tertiary/aromatic N) is 3. The van der Waals surface area contributed by atoms with E-state index in [9.17, 15) is 9.59 Å². The molecule has 8 nitrogen and oxygen atoms in total. The van der Waals surface area contributed by atoms with Crippen LogP contribution in [0.2, 0.25) is 0 Å². The zero-order valence-electron chi connectivity index (χ0n) is 12.0. The van der Waals surface area contributed by atoms with Gasteiger partial charge >= 0.3 is 5.97 Å². The summed E-state index contributed by atoms with van der Waals surface area (Å²) in [6.45, 7) is 4.07. The zero-order valence-corrected chi connectivity index (χ0v) is 12.0. The molecule has 0 spiro atoms. The van der Waals surface area contributed by atoms with Gasteiger partial charge in [-0.25, -0.2) is 14.8 Å². The summed E-state index contributed by atoms with van der Waals surface area (Å²) in [6, 6.07) is -0.429. The average molecular weight is 294 g/mol. The number of ether oxygens (including phenoxy) is 2. The topological polar surface area (TPSA) is 93.6 Å². The Labute approximate surface area is 122 Å². The first kappa shape index (κ1) is 15.2. The van der Waals surface area contributed by atoms with Gasteiger partial charge in [-0.05, 0) is 6.92 Å². The Morgan fingerprint density at radius 2 is 2.05 bits per heavy atom. The van der Waals surface area contributed by atoms with Gasteiger partial charge in [-0.15, -0.1) is 0 Å². The van der Waals surface area contributed by atoms with Gasteiger partial charge in [0, 0.05) is 13.1 Å². The van der Waals surface area contributed by atoms with Crippen molar-refractivity contribution in [1.82, 2.24) is 14.9 Å². The number of rotatable bonds is 4. The molecule has 1 amide bonds. The molecule has 0 saturated carbocycles. The lowest BCUT2D eigenvalue weighted by molar-refractivity contribution is -0.135. The zero-order chi connectivity index (χ0) is 15.2. The number of nitrogens with one attached hydrogen (secondary N) is 1. The minimum atomic E-state index is -0.550. The largest absolute Gasteiger partial charge is 0.464 e. The molecule has 0 aliphatic carbocycles. The number of amides is 1. The number of esters is 1. The molecule has 0 radical (unpaired) electrons. The standard InChI is InChI=1S/C13H18N4O4/c1-9(12(18)17-3-5-21-6-4-17)16-11-8-14-10(7-15-11)13(19)20-2/h7-9H,3-6H2,1-2H3,(H,15,16). The maximum Gasteiger partial charge on any atom is 0.358 e. The SMILES string of the molecule is COC(=O)c1cnc(NC(C)C(=O)N2CCOCC2)cn1. The third-order valence-corrected chi connectivity index (χ3v) is 3.10. The van der Waals surface area contributed by atoms with Crippen molar-refractivity contribution in [1.29, 1.82) is 0 Å². The van der Waals surface area contributed by atoms with Crippen LogP contribution >= 0.6 is 0 Å². The van der Waals surface area contributed by atoms with Crippen LogP contribution in [0, 0.1) is 0 Å². The molecule has 1 N–H and O–H groups in total. The number of hydrogen-bond donors (Lipinski definition) is 1. The van der Waals surface area contributed by atoms with Gasteiger partial charge in [0.1, 0.15) is 11.9 Å². The fraction of sp³-hybridized carbons (Fsp3) is 0.538. The van der Waals surface area contributed by atoms with E-state index in [4.69, 9.17) is 4.74 Å². The molecule has 0 bridgehead atoms. The fourth-order valence-electron chi connectivity index (χ4n) is 1.95. The van der Waals surface area contributed by atoms with Crippen LogP contribution in [0.4, 0.5) is 5.82 Å². The van der Waals surface area contributed by atoms with Crippen LogP contribution in [0.5, 0.6) is 0 Å². The molecule has 21 heavy (non-hydrogen) atoms. The molecule has 1 aromatic heterocycles. The van der Waals surface area contributed by atoms with Crippen molar-refractivity contribution < 1.29 is 19.1 Å². The predicted molar refractivity (Wildman–Crippen MR) is 73.9 cm³/mol. The van der Waals surface area contributed by atoms with Gasteiger partial charge in [0.05, 0.1) is 32.7 Å². The second-order valence-corrected chi connectivity index (χ2v) is 4.58. The van der Waals surface area contributed by atoms with Gasteiger partial charge in [0.25, 0.3) is 0 Å². The Morgan fingerprint density at radius 3 is 2.62 bits per heavy atom.